The summed E-state index contributed by atoms with van der Waals surface area (Å²) in [5.74, 6) is 0.869. The predicted molar refractivity (Wildman–Crippen MR) is 140 cm³/mol. The summed E-state index contributed by atoms with van der Waals surface area (Å²) in [7, 11) is 0. The van der Waals surface area contributed by atoms with Gasteiger partial charge in [0.2, 0.25) is 5.96 Å². The molecule has 4 heterocycles. The molecule has 0 amide bonds. The summed E-state index contributed by atoms with van der Waals surface area (Å²) >= 11 is 0. The summed E-state index contributed by atoms with van der Waals surface area (Å²) in [6.45, 7) is 2.17. The van der Waals surface area contributed by atoms with Gasteiger partial charge in [-0.25, -0.2) is 15.0 Å². The molecule has 198 valence electrons. The van der Waals surface area contributed by atoms with Crippen molar-refractivity contribution in [2.45, 2.75) is 12.2 Å². The van der Waals surface area contributed by atoms with Gasteiger partial charge in [-0.05, 0) is 18.2 Å². The van der Waals surface area contributed by atoms with Crippen molar-refractivity contribution >= 4 is 34.8 Å². The van der Waals surface area contributed by atoms with E-state index in [2.05, 4.69) is 30.5 Å². The van der Waals surface area contributed by atoms with Gasteiger partial charge < -0.3 is 26.6 Å². The molecule has 2 aliphatic heterocycles. The zero-order valence-corrected chi connectivity index (χ0v) is 20.4. The molecule has 2 aliphatic rings. The van der Waals surface area contributed by atoms with Gasteiger partial charge in [-0.15, -0.1) is 0 Å². The van der Waals surface area contributed by atoms with E-state index >= 15 is 0 Å². The number of aromatic nitrogens is 2. The highest BCUT2D eigenvalue weighted by atomic mass is 19.4. The fraction of sp³-hybridized carbons (Fsp3) is 0.240. The molecule has 0 spiro atoms. The Morgan fingerprint density at radius 1 is 1.03 bits per heavy atom. The molecular weight excluding hydrogens is 511 g/mol. The smallest absolute Gasteiger partial charge is 0.397 e. The number of guanidine groups is 1. The Morgan fingerprint density at radius 3 is 2.38 bits per heavy atom. The summed E-state index contributed by atoms with van der Waals surface area (Å²) in [6.07, 6.45) is -1.76. The zero-order chi connectivity index (χ0) is 27.7. The first-order chi connectivity index (χ1) is 18.7. The maximum atomic E-state index is 12.9. The van der Waals surface area contributed by atoms with E-state index in [1.54, 1.807) is 0 Å². The highest BCUT2D eigenvalue weighted by Crippen LogP contribution is 2.43. The van der Waals surface area contributed by atoms with Crippen molar-refractivity contribution in [2.24, 2.45) is 4.99 Å². The molecular formula is C25H22F3N11. The summed E-state index contributed by atoms with van der Waals surface area (Å²) in [6, 6.07) is 11.2. The fourth-order valence-electron chi connectivity index (χ4n) is 4.73. The number of piperazine rings is 1. The summed E-state index contributed by atoms with van der Waals surface area (Å²) < 4.78 is 38.7. The Bertz CT molecular complexity index is 1510. The van der Waals surface area contributed by atoms with Crippen LogP contribution in [0.1, 0.15) is 28.3 Å². The van der Waals surface area contributed by atoms with E-state index < -0.39 is 17.8 Å². The Hall–Kier alpha value is -5.24. The van der Waals surface area contributed by atoms with Crippen molar-refractivity contribution in [1.82, 2.24) is 15.3 Å². The minimum Gasteiger partial charge on any atom is -0.397 e. The van der Waals surface area contributed by atoms with Gasteiger partial charge >= 0.3 is 6.18 Å². The molecule has 1 atom stereocenters. The number of rotatable bonds is 3. The second-order valence-corrected chi connectivity index (χ2v) is 8.84. The highest BCUT2D eigenvalue weighted by Gasteiger charge is 2.33. The van der Waals surface area contributed by atoms with Gasteiger partial charge in [-0.2, -0.15) is 23.7 Å². The van der Waals surface area contributed by atoms with Gasteiger partial charge in [0.15, 0.2) is 6.19 Å². The third-order valence-corrected chi connectivity index (χ3v) is 6.61. The van der Waals surface area contributed by atoms with Crippen LogP contribution in [-0.2, 0) is 6.18 Å². The number of nitrogens with two attached hydrogens (primary N) is 2. The maximum absolute atomic E-state index is 12.9. The van der Waals surface area contributed by atoms with E-state index in [1.807, 2.05) is 41.4 Å². The number of nitrogens with one attached hydrogen (secondary N) is 2. The van der Waals surface area contributed by atoms with Crippen LogP contribution in [0.5, 0.6) is 0 Å². The topological polar surface area (TPSA) is 168 Å². The number of anilines is 5. The van der Waals surface area contributed by atoms with Gasteiger partial charge in [0.1, 0.15) is 35.1 Å². The fourth-order valence-corrected chi connectivity index (χ4v) is 4.73. The maximum Gasteiger partial charge on any atom is 0.417 e. The lowest BCUT2D eigenvalue weighted by Gasteiger charge is -2.38. The van der Waals surface area contributed by atoms with E-state index in [9.17, 15) is 23.7 Å². The Morgan fingerprint density at radius 2 is 1.74 bits per heavy atom. The highest BCUT2D eigenvalue weighted by molar-refractivity contribution is 5.98. The minimum absolute atomic E-state index is 0.0421. The van der Waals surface area contributed by atoms with Crippen molar-refractivity contribution in [3.63, 3.8) is 0 Å². The lowest BCUT2D eigenvalue weighted by molar-refractivity contribution is -0.137. The third kappa shape index (κ3) is 4.75. The number of hydrogen-bond acceptors (Lipinski definition) is 11. The molecule has 0 bridgehead atoms. The number of alkyl halides is 3. The van der Waals surface area contributed by atoms with Crippen molar-refractivity contribution < 1.29 is 13.2 Å². The predicted octanol–water partition coefficient (Wildman–Crippen LogP) is 2.80. The number of benzene rings is 1. The number of fused-ring (bicyclic) bond motifs is 1. The van der Waals surface area contributed by atoms with Crippen LogP contribution in [0.2, 0.25) is 0 Å². The van der Waals surface area contributed by atoms with Crippen LogP contribution < -0.4 is 31.9 Å². The van der Waals surface area contributed by atoms with Gasteiger partial charge in [0.05, 0.1) is 11.3 Å². The van der Waals surface area contributed by atoms with Crippen LogP contribution in [0.25, 0.3) is 0 Å². The van der Waals surface area contributed by atoms with E-state index in [0.717, 1.165) is 23.5 Å². The van der Waals surface area contributed by atoms with E-state index in [-0.39, 0.29) is 28.8 Å². The van der Waals surface area contributed by atoms with Crippen LogP contribution in [0.3, 0.4) is 0 Å². The molecule has 1 saturated heterocycles. The zero-order valence-electron chi connectivity index (χ0n) is 20.4. The Balaban J connectivity index is 1.45. The van der Waals surface area contributed by atoms with Crippen molar-refractivity contribution in [1.29, 1.82) is 10.5 Å². The largest absolute Gasteiger partial charge is 0.417 e. The second kappa shape index (κ2) is 9.90. The van der Waals surface area contributed by atoms with Crippen LogP contribution in [0.4, 0.5) is 42.0 Å². The number of halogens is 3. The number of hydrogen-bond donors (Lipinski definition) is 4. The molecule has 3 aromatic rings. The molecule has 39 heavy (non-hydrogen) atoms. The Kier molecular flexibility index (Phi) is 6.45. The number of pyridine rings is 2. The SMILES string of the molecule is N#CNC1=NC(c2ccccc2N2CCN(c3ccc(C(F)(F)F)cn3)CC2)c2c(nc(N)c(C#N)c2N)N1. The summed E-state index contributed by atoms with van der Waals surface area (Å²) in [5.41, 5.74) is 13.8. The lowest BCUT2D eigenvalue weighted by Crippen LogP contribution is -2.47. The van der Waals surface area contributed by atoms with Crippen LogP contribution in [-0.4, -0.2) is 42.1 Å². The van der Waals surface area contributed by atoms with Crippen LogP contribution in [0.15, 0.2) is 47.6 Å². The monoisotopic (exact) mass is 533 g/mol. The first-order valence-electron chi connectivity index (χ1n) is 11.8. The number of nitrogen functional groups attached to an aromatic ring is 2. The summed E-state index contributed by atoms with van der Waals surface area (Å²) in [5, 5.41) is 24.2. The van der Waals surface area contributed by atoms with E-state index in [1.165, 1.54) is 6.07 Å². The quantitative estimate of drug-likeness (QED) is 0.290. The average molecular weight is 534 g/mol. The molecule has 5 rings (SSSR count). The van der Waals surface area contributed by atoms with E-state index in [0.29, 0.717) is 37.6 Å². The lowest BCUT2D eigenvalue weighted by atomic mass is 9.93. The van der Waals surface area contributed by atoms with Gasteiger partial charge in [-0.1, -0.05) is 18.2 Å². The molecule has 1 fully saturated rings. The first kappa shape index (κ1) is 25.4. The molecule has 6 N–H and O–H groups in total. The minimum atomic E-state index is -4.44. The number of para-hydroxylation sites is 1. The standard InChI is InChI=1S/C25H22F3N11/c26-25(27,28)14-5-6-18(33-12-14)39-9-7-38(8-10-39)17-4-2-1-3-15(17)21-19-20(31)16(11-29)22(32)36-23(19)37-24(35-21)34-13-30/h1-6,12,21H,7-10H2,(H6,31,32,34,35,36,37). The van der Waals surface area contributed by atoms with Gasteiger partial charge in [0.25, 0.3) is 0 Å². The molecule has 1 unspecified atom stereocenters. The molecule has 0 saturated carbocycles. The average Bonchev–Trinajstić information content (AvgIpc) is 2.92. The van der Waals surface area contributed by atoms with Gasteiger partial charge in [0, 0.05) is 49.2 Å². The molecule has 1 aromatic carbocycles. The molecule has 11 nitrogen and oxygen atoms in total. The van der Waals surface area contributed by atoms with Crippen LogP contribution >= 0.6 is 0 Å². The number of nitrogens with zero attached hydrogens (tertiary/aromatic N) is 7. The summed E-state index contributed by atoms with van der Waals surface area (Å²) in [4.78, 5) is 17.0. The van der Waals surface area contributed by atoms with E-state index in [4.69, 9.17) is 11.5 Å². The molecule has 14 heteroatoms. The molecule has 0 radical (unpaired) electrons. The molecule has 0 aliphatic carbocycles. The first-order valence-corrected chi connectivity index (χ1v) is 11.8. The normalized spacial score (nSPS) is 16.8. The number of aliphatic imine (C=N–C) groups is 1. The number of nitriles is 2. The Labute approximate surface area is 221 Å². The van der Waals surface area contributed by atoms with Gasteiger partial charge in [-0.3, -0.25) is 5.32 Å². The van der Waals surface area contributed by atoms with Crippen molar-refractivity contribution in [3.05, 3.63) is 64.8 Å². The molecule has 2 aromatic heterocycles. The van der Waals surface area contributed by atoms with Crippen molar-refractivity contribution in [2.75, 3.05) is 52.8 Å². The third-order valence-electron chi connectivity index (χ3n) is 6.61. The second-order valence-electron chi connectivity index (χ2n) is 8.84. The van der Waals surface area contributed by atoms with Crippen molar-refractivity contribution in [3.8, 4) is 12.3 Å². The van der Waals surface area contributed by atoms with Crippen LogP contribution in [0, 0.1) is 22.8 Å².